The van der Waals surface area contributed by atoms with Crippen LogP contribution in [0.2, 0.25) is 0 Å². The smallest absolute Gasteiger partial charge is 0.224 e. The monoisotopic (exact) mass is 268 g/mol. The Morgan fingerprint density at radius 1 is 1.44 bits per heavy atom. The molecule has 0 unspecified atom stereocenters. The Balaban J connectivity index is 2.41. The summed E-state index contributed by atoms with van der Waals surface area (Å²) in [6.07, 6.45) is 0.407. The normalized spacial score (nSPS) is 10.9. The molecule has 18 heavy (non-hydrogen) atoms. The molecule has 0 aliphatic heterocycles. The SMILES string of the molecule is C=CS(=O)(=O)CCCC(=O)Nc1cccc(N)c1. The van der Waals surface area contributed by atoms with E-state index in [2.05, 4.69) is 11.9 Å². The molecule has 5 nitrogen and oxygen atoms in total. The Hall–Kier alpha value is -1.82. The van der Waals surface area contributed by atoms with Crippen molar-refractivity contribution < 1.29 is 13.2 Å². The lowest BCUT2D eigenvalue weighted by Gasteiger charge is -2.05. The molecule has 0 fully saturated rings. The Labute approximate surface area is 107 Å². The van der Waals surface area contributed by atoms with Gasteiger partial charge < -0.3 is 11.1 Å². The molecule has 0 saturated heterocycles. The third-order valence-corrected chi connectivity index (χ3v) is 3.62. The summed E-state index contributed by atoms with van der Waals surface area (Å²) in [6.45, 7) is 3.21. The molecule has 0 heterocycles. The summed E-state index contributed by atoms with van der Waals surface area (Å²) in [5.41, 5.74) is 6.73. The van der Waals surface area contributed by atoms with Gasteiger partial charge in [0.2, 0.25) is 5.91 Å². The number of carbonyl (C=O) groups excluding carboxylic acids is 1. The molecule has 0 radical (unpaired) electrons. The van der Waals surface area contributed by atoms with Crippen LogP contribution in [-0.2, 0) is 14.6 Å². The molecular weight excluding hydrogens is 252 g/mol. The summed E-state index contributed by atoms with van der Waals surface area (Å²) in [5, 5.41) is 3.55. The van der Waals surface area contributed by atoms with Crippen LogP contribution < -0.4 is 11.1 Å². The van der Waals surface area contributed by atoms with Gasteiger partial charge in [0.15, 0.2) is 9.84 Å². The van der Waals surface area contributed by atoms with E-state index in [0.29, 0.717) is 11.4 Å². The van der Waals surface area contributed by atoms with Crippen LogP contribution in [0, 0.1) is 0 Å². The molecule has 3 N–H and O–H groups in total. The first kappa shape index (κ1) is 14.2. The third kappa shape index (κ3) is 5.01. The molecule has 1 aromatic rings. The third-order valence-electron chi connectivity index (χ3n) is 2.26. The summed E-state index contributed by atoms with van der Waals surface area (Å²) in [4.78, 5) is 11.5. The Kier molecular flexibility index (Phi) is 4.91. The summed E-state index contributed by atoms with van der Waals surface area (Å²) < 4.78 is 22.2. The Bertz CT molecular complexity index is 538. The number of amides is 1. The number of anilines is 2. The van der Waals surface area contributed by atoms with Crippen molar-refractivity contribution in [3.8, 4) is 0 Å². The van der Waals surface area contributed by atoms with Crippen LogP contribution in [-0.4, -0.2) is 20.1 Å². The van der Waals surface area contributed by atoms with Gasteiger partial charge in [-0.25, -0.2) is 8.42 Å². The number of rotatable bonds is 6. The van der Waals surface area contributed by atoms with Crippen molar-refractivity contribution in [2.24, 2.45) is 0 Å². The van der Waals surface area contributed by atoms with Crippen molar-refractivity contribution in [3.63, 3.8) is 0 Å². The van der Waals surface area contributed by atoms with E-state index in [9.17, 15) is 13.2 Å². The Morgan fingerprint density at radius 2 is 2.17 bits per heavy atom. The minimum atomic E-state index is -3.23. The van der Waals surface area contributed by atoms with E-state index in [1.165, 1.54) is 0 Å². The highest BCUT2D eigenvalue weighted by Gasteiger charge is 2.07. The second-order valence-electron chi connectivity index (χ2n) is 3.81. The van der Waals surface area contributed by atoms with Crippen molar-refractivity contribution in [1.29, 1.82) is 0 Å². The van der Waals surface area contributed by atoms with Crippen LogP contribution >= 0.6 is 0 Å². The number of sulfone groups is 1. The molecule has 0 aliphatic carbocycles. The highest BCUT2D eigenvalue weighted by molar-refractivity contribution is 7.94. The van der Waals surface area contributed by atoms with E-state index in [4.69, 9.17) is 5.73 Å². The number of hydrogen-bond acceptors (Lipinski definition) is 4. The molecule has 0 aromatic heterocycles. The highest BCUT2D eigenvalue weighted by Crippen LogP contribution is 2.12. The molecule has 1 rings (SSSR count). The summed E-state index contributed by atoms with van der Waals surface area (Å²) in [5.74, 6) is -0.305. The molecule has 6 heteroatoms. The topological polar surface area (TPSA) is 89.3 Å². The predicted molar refractivity (Wildman–Crippen MR) is 72.7 cm³/mol. The Morgan fingerprint density at radius 3 is 2.78 bits per heavy atom. The lowest BCUT2D eigenvalue weighted by atomic mass is 10.2. The molecule has 0 bridgehead atoms. The van der Waals surface area contributed by atoms with Crippen LogP contribution in [0.25, 0.3) is 0 Å². The first-order valence-electron chi connectivity index (χ1n) is 5.43. The van der Waals surface area contributed by atoms with Gasteiger partial charge in [0.05, 0.1) is 5.75 Å². The minimum Gasteiger partial charge on any atom is -0.399 e. The van der Waals surface area contributed by atoms with Crippen LogP contribution in [0.5, 0.6) is 0 Å². The highest BCUT2D eigenvalue weighted by atomic mass is 32.2. The van der Waals surface area contributed by atoms with Crippen molar-refractivity contribution in [2.75, 3.05) is 16.8 Å². The quantitative estimate of drug-likeness (QED) is 0.766. The van der Waals surface area contributed by atoms with E-state index < -0.39 is 9.84 Å². The second-order valence-corrected chi connectivity index (χ2v) is 5.88. The van der Waals surface area contributed by atoms with E-state index >= 15 is 0 Å². The number of nitrogens with two attached hydrogens (primary N) is 1. The minimum absolute atomic E-state index is 0.0686. The van der Waals surface area contributed by atoms with Crippen LogP contribution in [0.1, 0.15) is 12.8 Å². The first-order valence-corrected chi connectivity index (χ1v) is 7.15. The van der Waals surface area contributed by atoms with Gasteiger partial charge in [0, 0.05) is 23.2 Å². The van der Waals surface area contributed by atoms with Crippen LogP contribution in [0.3, 0.4) is 0 Å². The zero-order valence-electron chi connectivity index (χ0n) is 9.93. The molecular formula is C12H16N2O3S. The molecule has 1 amide bonds. The van der Waals surface area contributed by atoms with Crippen molar-refractivity contribution in [2.45, 2.75) is 12.8 Å². The largest absolute Gasteiger partial charge is 0.399 e. The molecule has 0 spiro atoms. The number of benzene rings is 1. The van der Waals surface area contributed by atoms with Gasteiger partial charge in [-0.05, 0) is 24.6 Å². The van der Waals surface area contributed by atoms with Crippen LogP contribution in [0.15, 0.2) is 36.3 Å². The standard InChI is InChI=1S/C12H16N2O3S/c1-2-18(16,17)8-4-7-12(15)14-11-6-3-5-10(13)9-11/h2-3,5-6,9H,1,4,7-8,13H2,(H,14,15). The number of carbonyl (C=O) groups is 1. The van der Waals surface area contributed by atoms with Crippen molar-refractivity contribution >= 4 is 27.1 Å². The number of hydrogen-bond donors (Lipinski definition) is 2. The maximum absolute atomic E-state index is 11.5. The van der Waals surface area contributed by atoms with Gasteiger partial charge in [0.25, 0.3) is 0 Å². The molecule has 0 atom stereocenters. The van der Waals surface area contributed by atoms with Gasteiger partial charge in [-0.2, -0.15) is 0 Å². The maximum Gasteiger partial charge on any atom is 0.224 e. The van der Waals surface area contributed by atoms with E-state index in [-0.39, 0.29) is 24.5 Å². The van der Waals surface area contributed by atoms with Crippen molar-refractivity contribution in [3.05, 3.63) is 36.3 Å². The first-order chi connectivity index (χ1) is 8.43. The number of nitrogens with one attached hydrogen (secondary N) is 1. The average molecular weight is 268 g/mol. The summed E-state index contributed by atoms with van der Waals surface area (Å²) >= 11 is 0. The molecule has 1 aromatic carbocycles. The fraction of sp³-hybridized carbons (Fsp3) is 0.250. The summed E-state index contributed by atoms with van der Waals surface area (Å²) in [7, 11) is -3.23. The fourth-order valence-corrected chi connectivity index (χ4v) is 2.07. The zero-order valence-corrected chi connectivity index (χ0v) is 10.7. The summed E-state index contributed by atoms with van der Waals surface area (Å²) in [6, 6.07) is 6.80. The average Bonchev–Trinajstić information content (AvgIpc) is 2.28. The van der Waals surface area contributed by atoms with E-state index in [1.54, 1.807) is 24.3 Å². The van der Waals surface area contributed by atoms with Gasteiger partial charge in [-0.3, -0.25) is 4.79 Å². The van der Waals surface area contributed by atoms with E-state index in [1.807, 2.05) is 0 Å². The van der Waals surface area contributed by atoms with Gasteiger partial charge >= 0.3 is 0 Å². The van der Waals surface area contributed by atoms with Crippen LogP contribution in [0.4, 0.5) is 11.4 Å². The number of nitrogen functional groups attached to an aromatic ring is 1. The van der Waals surface area contributed by atoms with Gasteiger partial charge in [-0.15, -0.1) is 0 Å². The predicted octanol–water partition coefficient (Wildman–Crippen LogP) is 1.55. The lowest BCUT2D eigenvalue weighted by Crippen LogP contribution is -2.13. The van der Waals surface area contributed by atoms with E-state index in [0.717, 1.165) is 5.41 Å². The van der Waals surface area contributed by atoms with Gasteiger partial charge in [0.1, 0.15) is 0 Å². The van der Waals surface area contributed by atoms with Gasteiger partial charge in [-0.1, -0.05) is 12.6 Å². The second kappa shape index (κ2) is 6.20. The molecule has 98 valence electrons. The fourth-order valence-electron chi connectivity index (χ4n) is 1.36. The molecule has 0 aliphatic rings. The lowest BCUT2D eigenvalue weighted by molar-refractivity contribution is -0.116. The maximum atomic E-state index is 11.5. The molecule has 0 saturated carbocycles. The zero-order chi connectivity index (χ0) is 13.6. The van der Waals surface area contributed by atoms with Crippen molar-refractivity contribution in [1.82, 2.24) is 0 Å².